The Balaban J connectivity index is 1.19. The van der Waals surface area contributed by atoms with Gasteiger partial charge in [-0.2, -0.15) is 0 Å². The first-order chi connectivity index (χ1) is 23.3. The highest BCUT2D eigenvalue weighted by molar-refractivity contribution is 6.10. The predicted octanol–water partition coefficient (Wildman–Crippen LogP) is 9.44. The third kappa shape index (κ3) is 4.69. The van der Waals surface area contributed by atoms with Crippen molar-refractivity contribution in [2.24, 2.45) is 0 Å². The van der Waals surface area contributed by atoms with E-state index in [4.69, 9.17) is 29.3 Å². The quantitative estimate of drug-likeness (QED) is 0.193. The number of furan rings is 1. The van der Waals surface area contributed by atoms with Crippen molar-refractivity contribution in [1.29, 1.82) is 0 Å². The standard InChI is InChI=1S/C40H24N6O/c1-3-10-25(11-4-1)38-44-39(26-12-5-2-6-13-26)46-40(45-38)28-15-7-14-27(24-28)29-16-8-17-31-30(29)19-22-42-35(31)36-37-32(20-23-43-36)34-33(47-37)18-9-21-41-34/h1-24H. The zero-order valence-corrected chi connectivity index (χ0v) is 24.9. The van der Waals surface area contributed by atoms with Crippen LogP contribution >= 0.6 is 0 Å². The molecule has 0 atom stereocenters. The Labute approximate surface area is 269 Å². The molecule has 9 rings (SSSR count). The van der Waals surface area contributed by atoms with Gasteiger partial charge in [0.1, 0.15) is 16.9 Å². The topological polar surface area (TPSA) is 90.5 Å². The van der Waals surface area contributed by atoms with Crippen molar-refractivity contribution in [3.63, 3.8) is 0 Å². The van der Waals surface area contributed by atoms with Crippen LogP contribution in [0.1, 0.15) is 0 Å². The van der Waals surface area contributed by atoms with Gasteiger partial charge in [0.2, 0.25) is 0 Å². The summed E-state index contributed by atoms with van der Waals surface area (Å²) in [5.41, 5.74) is 8.50. The molecule has 0 aliphatic heterocycles. The molecule has 4 aromatic carbocycles. The number of fused-ring (bicyclic) bond motifs is 4. The predicted molar refractivity (Wildman–Crippen MR) is 185 cm³/mol. The molecule has 0 spiro atoms. The molecule has 0 aliphatic carbocycles. The summed E-state index contributed by atoms with van der Waals surface area (Å²) in [5, 5.41) is 2.94. The third-order valence-electron chi connectivity index (χ3n) is 8.30. The lowest BCUT2D eigenvalue weighted by Crippen LogP contribution is -2.00. The van der Waals surface area contributed by atoms with Crippen LogP contribution in [0.2, 0.25) is 0 Å². The monoisotopic (exact) mass is 604 g/mol. The molecule has 7 nitrogen and oxygen atoms in total. The highest BCUT2D eigenvalue weighted by Gasteiger charge is 2.18. The molecule has 9 aromatic rings. The second-order valence-corrected chi connectivity index (χ2v) is 11.2. The maximum Gasteiger partial charge on any atom is 0.164 e. The van der Waals surface area contributed by atoms with Crippen molar-refractivity contribution in [3.8, 4) is 56.7 Å². The number of pyridine rings is 3. The van der Waals surface area contributed by atoms with Gasteiger partial charge in [0.25, 0.3) is 0 Å². The minimum Gasteiger partial charge on any atom is -0.452 e. The van der Waals surface area contributed by atoms with Crippen molar-refractivity contribution >= 4 is 32.8 Å². The Hall–Kier alpha value is -6.60. The molecule has 0 amide bonds. The van der Waals surface area contributed by atoms with E-state index in [1.165, 1.54) is 0 Å². The average molecular weight is 605 g/mol. The van der Waals surface area contributed by atoms with Gasteiger partial charge in [-0.1, -0.05) is 97.1 Å². The molecule has 0 fully saturated rings. The Morgan fingerprint density at radius 1 is 0.404 bits per heavy atom. The highest BCUT2D eigenvalue weighted by Crippen LogP contribution is 2.38. The fraction of sp³-hybridized carbons (Fsp3) is 0. The minimum atomic E-state index is 0.608. The summed E-state index contributed by atoms with van der Waals surface area (Å²) in [6.07, 6.45) is 5.39. The SMILES string of the molecule is c1ccc(-c2nc(-c3ccccc3)nc(-c3cccc(-c4cccc5c(-c6nccc7c6oc6cccnc67)nccc45)c3)n2)cc1. The molecule has 0 N–H and O–H groups in total. The molecule has 47 heavy (non-hydrogen) atoms. The molecule has 5 heterocycles. The molecule has 0 radical (unpaired) electrons. The van der Waals surface area contributed by atoms with Crippen molar-refractivity contribution in [2.75, 3.05) is 0 Å². The zero-order valence-electron chi connectivity index (χ0n) is 24.9. The summed E-state index contributed by atoms with van der Waals surface area (Å²) >= 11 is 0. The van der Waals surface area contributed by atoms with E-state index >= 15 is 0 Å². The van der Waals surface area contributed by atoms with Gasteiger partial charge in [-0.3, -0.25) is 15.0 Å². The van der Waals surface area contributed by atoms with E-state index in [1.807, 2.05) is 103 Å². The maximum atomic E-state index is 6.27. The molecule has 220 valence electrons. The molecule has 0 saturated carbocycles. The van der Waals surface area contributed by atoms with Crippen LogP contribution < -0.4 is 0 Å². The molecule has 0 aliphatic rings. The van der Waals surface area contributed by atoms with E-state index in [0.717, 1.165) is 60.8 Å². The Bertz CT molecular complexity index is 2520. The van der Waals surface area contributed by atoms with Gasteiger partial charge in [0.15, 0.2) is 28.6 Å². The Morgan fingerprint density at radius 3 is 1.77 bits per heavy atom. The smallest absolute Gasteiger partial charge is 0.164 e. The van der Waals surface area contributed by atoms with Crippen molar-refractivity contribution < 1.29 is 4.42 Å². The second kappa shape index (κ2) is 11.1. The number of nitrogens with zero attached hydrogens (tertiary/aromatic N) is 6. The van der Waals surface area contributed by atoms with Crippen LogP contribution in [0.3, 0.4) is 0 Å². The first-order valence-electron chi connectivity index (χ1n) is 15.3. The number of hydrogen-bond donors (Lipinski definition) is 0. The molecule has 7 heteroatoms. The number of rotatable bonds is 5. The van der Waals surface area contributed by atoms with Gasteiger partial charge in [-0.25, -0.2) is 15.0 Å². The molecule has 0 saturated heterocycles. The van der Waals surface area contributed by atoms with Crippen molar-refractivity contribution in [3.05, 3.63) is 146 Å². The summed E-state index contributed by atoms with van der Waals surface area (Å²) in [5.74, 6) is 1.86. The largest absolute Gasteiger partial charge is 0.452 e. The van der Waals surface area contributed by atoms with Crippen molar-refractivity contribution in [2.45, 2.75) is 0 Å². The van der Waals surface area contributed by atoms with Crippen LogP contribution in [0.15, 0.2) is 150 Å². The van der Waals surface area contributed by atoms with Gasteiger partial charge in [-0.15, -0.1) is 0 Å². The first-order valence-corrected chi connectivity index (χ1v) is 15.3. The normalized spacial score (nSPS) is 11.4. The van der Waals surface area contributed by atoms with E-state index in [-0.39, 0.29) is 0 Å². The van der Waals surface area contributed by atoms with E-state index in [0.29, 0.717) is 28.8 Å². The van der Waals surface area contributed by atoms with Crippen LogP contribution in [0.5, 0.6) is 0 Å². The fourth-order valence-electron chi connectivity index (χ4n) is 6.10. The highest BCUT2D eigenvalue weighted by atomic mass is 16.3. The lowest BCUT2D eigenvalue weighted by molar-refractivity contribution is 0.667. The second-order valence-electron chi connectivity index (χ2n) is 11.2. The summed E-state index contributed by atoms with van der Waals surface area (Å²) in [7, 11) is 0. The van der Waals surface area contributed by atoms with E-state index in [9.17, 15) is 0 Å². The molecular formula is C40H24N6O. The number of aromatic nitrogens is 6. The van der Waals surface area contributed by atoms with Gasteiger partial charge >= 0.3 is 0 Å². The van der Waals surface area contributed by atoms with E-state index in [2.05, 4.69) is 35.3 Å². The Morgan fingerprint density at radius 2 is 1.02 bits per heavy atom. The minimum absolute atomic E-state index is 0.608. The van der Waals surface area contributed by atoms with Crippen LogP contribution in [0.4, 0.5) is 0 Å². The van der Waals surface area contributed by atoms with Crippen LogP contribution in [0.25, 0.3) is 89.5 Å². The van der Waals surface area contributed by atoms with Crippen LogP contribution in [0, 0.1) is 0 Å². The summed E-state index contributed by atoms with van der Waals surface area (Å²) in [6.45, 7) is 0. The van der Waals surface area contributed by atoms with Crippen LogP contribution in [-0.2, 0) is 0 Å². The summed E-state index contributed by atoms with van der Waals surface area (Å²) in [4.78, 5) is 28.8. The molecule has 0 unspecified atom stereocenters. The number of benzene rings is 4. The van der Waals surface area contributed by atoms with Gasteiger partial charge in [-0.05, 0) is 46.8 Å². The van der Waals surface area contributed by atoms with Gasteiger partial charge in [0, 0.05) is 40.7 Å². The lowest BCUT2D eigenvalue weighted by Gasteiger charge is -2.12. The first kappa shape index (κ1) is 26.8. The number of hydrogen-bond acceptors (Lipinski definition) is 7. The van der Waals surface area contributed by atoms with Gasteiger partial charge < -0.3 is 4.42 Å². The third-order valence-corrected chi connectivity index (χ3v) is 8.30. The molecular weight excluding hydrogens is 580 g/mol. The fourth-order valence-corrected chi connectivity index (χ4v) is 6.10. The summed E-state index contributed by atoms with van der Waals surface area (Å²) in [6, 6.07) is 42.4. The van der Waals surface area contributed by atoms with Crippen molar-refractivity contribution in [1.82, 2.24) is 29.9 Å². The van der Waals surface area contributed by atoms with E-state index in [1.54, 1.807) is 12.4 Å². The van der Waals surface area contributed by atoms with Gasteiger partial charge in [0.05, 0.1) is 5.39 Å². The van der Waals surface area contributed by atoms with Crippen LogP contribution in [-0.4, -0.2) is 29.9 Å². The molecule has 0 bridgehead atoms. The zero-order chi connectivity index (χ0) is 31.2. The maximum absolute atomic E-state index is 6.27. The lowest BCUT2D eigenvalue weighted by atomic mass is 9.96. The van der Waals surface area contributed by atoms with E-state index < -0.39 is 0 Å². The average Bonchev–Trinajstić information content (AvgIpc) is 3.54. The Kier molecular flexibility index (Phi) is 6.31. The molecule has 5 aromatic heterocycles. The summed E-state index contributed by atoms with van der Waals surface area (Å²) < 4.78 is 6.27.